The fraction of sp³-hybridized carbons (Fsp3) is 0.545. The van der Waals surface area contributed by atoms with Crippen molar-refractivity contribution < 1.29 is 0 Å². The molecule has 0 amide bonds. The van der Waals surface area contributed by atoms with Crippen LogP contribution in [0.1, 0.15) is 0 Å². The number of nitrogens with one attached hydrogen (secondary N) is 1. The Morgan fingerprint density at radius 2 is 1.78 bits per heavy atom. The molecule has 98 valence electrons. The van der Waals surface area contributed by atoms with E-state index in [0.717, 1.165) is 16.7 Å². The molecule has 0 saturated carbocycles. The maximum Gasteiger partial charge on any atom is 0.182 e. The smallest absolute Gasteiger partial charge is 0.182 e. The Hall–Kier alpha value is -1.22. The summed E-state index contributed by atoms with van der Waals surface area (Å²) >= 11 is 0. The van der Waals surface area contributed by atoms with E-state index >= 15 is 0 Å². The van der Waals surface area contributed by atoms with Gasteiger partial charge in [-0.05, 0) is 19.6 Å². The molecule has 0 fully saturated rings. The van der Waals surface area contributed by atoms with Crippen LogP contribution in [0.25, 0.3) is 11.2 Å². The highest BCUT2D eigenvalue weighted by Crippen LogP contribution is 2.08. The Labute approximate surface area is 109 Å². The summed E-state index contributed by atoms with van der Waals surface area (Å²) in [6.45, 7) is 13.6. The number of aromatic nitrogens is 4. The molecule has 0 radical (unpaired) electrons. The average molecular weight is 279 g/mol. The second-order valence-electron chi connectivity index (χ2n) is 6.49. The number of fused-ring (bicyclic) bond motifs is 1. The molecule has 7 heteroatoms. The van der Waals surface area contributed by atoms with E-state index < -0.39 is 16.5 Å². The topological polar surface area (TPSA) is 58.9 Å². The van der Waals surface area contributed by atoms with Crippen LogP contribution in [0.2, 0.25) is 39.3 Å². The first-order valence-corrected chi connectivity index (χ1v) is 13.0. The van der Waals surface area contributed by atoms with Gasteiger partial charge in [-0.15, -0.1) is 0 Å². The quantitative estimate of drug-likeness (QED) is 0.857. The number of hydrogen-bond acceptors (Lipinski definition) is 3. The minimum atomic E-state index is -1.55. The molecule has 2 aromatic rings. The molecule has 0 bridgehead atoms. The van der Waals surface area contributed by atoms with Gasteiger partial charge >= 0.3 is 0 Å². The Morgan fingerprint density at radius 3 is 2.33 bits per heavy atom. The van der Waals surface area contributed by atoms with Gasteiger partial charge in [-0.25, -0.2) is 9.97 Å². The molecule has 5 nitrogen and oxygen atoms in total. The zero-order chi connectivity index (χ0) is 13.6. The molecular formula is C11H21N5Si2. The minimum Gasteiger partial charge on any atom is -0.345 e. The van der Waals surface area contributed by atoms with Gasteiger partial charge in [0.1, 0.15) is 11.0 Å². The van der Waals surface area contributed by atoms with Gasteiger partial charge in [0.2, 0.25) is 0 Å². The lowest BCUT2D eigenvalue weighted by Crippen LogP contribution is -2.43. The van der Waals surface area contributed by atoms with Crippen molar-refractivity contribution in [2.45, 2.75) is 39.3 Å². The van der Waals surface area contributed by atoms with Gasteiger partial charge in [0.25, 0.3) is 0 Å². The van der Waals surface area contributed by atoms with E-state index in [1.54, 1.807) is 6.33 Å². The van der Waals surface area contributed by atoms with E-state index in [1.165, 1.54) is 0 Å². The highest BCUT2D eigenvalue weighted by Gasteiger charge is 2.21. The van der Waals surface area contributed by atoms with Crippen molar-refractivity contribution >= 4 is 27.6 Å². The monoisotopic (exact) mass is 279 g/mol. The summed E-state index contributed by atoms with van der Waals surface area (Å²) in [4.78, 5) is 11.8. The minimum absolute atomic E-state index is 0.751. The van der Waals surface area contributed by atoms with Crippen LogP contribution in [0, 0.1) is 0 Å². The predicted molar refractivity (Wildman–Crippen MR) is 79.5 cm³/mol. The lowest BCUT2D eigenvalue weighted by Gasteiger charge is -2.22. The molecule has 0 unspecified atom stereocenters. The standard InChI is InChI=1S/C11H21N5Si2/c1-17(2,3)15-11-9-10(13-7-12-9)14-8-16(11)18(4,5)6/h7-8H,1-6H3,(H,12,13). The number of rotatable bonds is 2. The fourth-order valence-corrected chi connectivity index (χ4v) is 3.91. The Balaban J connectivity index is 2.88. The SMILES string of the molecule is C[Si](C)(C)N=c1c2[nH]cnc2ncn1[Si](C)(C)C. The van der Waals surface area contributed by atoms with Gasteiger partial charge in [-0.2, -0.15) is 0 Å². The fourth-order valence-electron chi connectivity index (χ4n) is 1.76. The van der Waals surface area contributed by atoms with Crippen LogP contribution in [-0.4, -0.2) is 35.7 Å². The summed E-state index contributed by atoms with van der Waals surface area (Å²) < 4.78 is 7.24. The molecule has 0 aliphatic heterocycles. The normalized spacial score (nSPS) is 14.4. The predicted octanol–water partition coefficient (Wildman–Crippen LogP) is 2.18. The molecule has 0 saturated heterocycles. The number of aromatic amines is 1. The molecule has 0 spiro atoms. The molecule has 0 aliphatic carbocycles. The third-order valence-corrected chi connectivity index (χ3v) is 5.19. The number of H-pyrrole nitrogens is 1. The number of hydrogen-bond donors (Lipinski definition) is 1. The van der Waals surface area contributed by atoms with Crippen molar-refractivity contribution in [3.8, 4) is 0 Å². The van der Waals surface area contributed by atoms with Crippen molar-refractivity contribution in [2.75, 3.05) is 0 Å². The Morgan fingerprint density at radius 1 is 1.11 bits per heavy atom. The van der Waals surface area contributed by atoms with Gasteiger partial charge in [0, 0.05) is 0 Å². The maximum atomic E-state index is 4.98. The summed E-state index contributed by atoms with van der Waals surface area (Å²) in [5, 5.41) is 0. The van der Waals surface area contributed by atoms with Crippen molar-refractivity contribution in [2.24, 2.45) is 4.66 Å². The molecule has 1 N–H and O–H groups in total. The van der Waals surface area contributed by atoms with Crippen LogP contribution in [-0.2, 0) is 0 Å². The first kappa shape index (κ1) is 13.2. The number of imidazole rings is 1. The van der Waals surface area contributed by atoms with Gasteiger partial charge in [0.05, 0.1) is 12.7 Å². The lowest BCUT2D eigenvalue weighted by molar-refractivity contribution is 0.980. The van der Waals surface area contributed by atoms with Crippen LogP contribution < -0.4 is 5.49 Å². The molecule has 2 aromatic heterocycles. The summed E-state index contributed by atoms with van der Waals surface area (Å²) in [6.07, 6.45) is 3.59. The molecule has 0 aliphatic rings. The summed E-state index contributed by atoms with van der Waals surface area (Å²) in [6, 6.07) is 0. The first-order chi connectivity index (χ1) is 8.18. The van der Waals surface area contributed by atoms with E-state index in [9.17, 15) is 0 Å². The molecule has 2 rings (SSSR count). The van der Waals surface area contributed by atoms with E-state index in [4.69, 9.17) is 4.66 Å². The van der Waals surface area contributed by atoms with Crippen molar-refractivity contribution in [1.82, 2.24) is 19.2 Å². The van der Waals surface area contributed by atoms with Crippen LogP contribution in [0.5, 0.6) is 0 Å². The van der Waals surface area contributed by atoms with Crippen LogP contribution in [0.4, 0.5) is 0 Å². The summed E-state index contributed by atoms with van der Waals surface area (Å²) in [5.74, 6) is 0. The zero-order valence-electron chi connectivity index (χ0n) is 11.9. The molecule has 0 atom stereocenters. The summed E-state index contributed by atoms with van der Waals surface area (Å²) in [7, 11) is -3.08. The van der Waals surface area contributed by atoms with E-state index in [1.807, 2.05) is 6.33 Å². The molecule has 18 heavy (non-hydrogen) atoms. The third-order valence-electron chi connectivity index (χ3n) is 2.53. The first-order valence-electron chi connectivity index (χ1n) is 6.15. The summed E-state index contributed by atoms with van der Waals surface area (Å²) in [5.41, 5.74) is 2.74. The molecule has 0 aromatic carbocycles. The highest BCUT2D eigenvalue weighted by atomic mass is 28.3. The van der Waals surface area contributed by atoms with Crippen molar-refractivity contribution in [3.05, 3.63) is 18.1 Å². The van der Waals surface area contributed by atoms with E-state index in [2.05, 4.69) is 58.5 Å². The van der Waals surface area contributed by atoms with E-state index in [-0.39, 0.29) is 0 Å². The lowest BCUT2D eigenvalue weighted by atomic mass is 10.5. The third kappa shape index (κ3) is 2.61. The van der Waals surface area contributed by atoms with Crippen molar-refractivity contribution in [1.29, 1.82) is 0 Å². The highest BCUT2D eigenvalue weighted by molar-refractivity contribution is 6.75. The number of nitrogens with zero attached hydrogens (tertiary/aromatic N) is 4. The van der Waals surface area contributed by atoms with Gasteiger partial charge < -0.3 is 13.9 Å². The van der Waals surface area contributed by atoms with E-state index in [0.29, 0.717) is 0 Å². The maximum absolute atomic E-state index is 4.98. The Bertz CT molecular complexity index is 627. The average Bonchev–Trinajstić information content (AvgIpc) is 2.61. The van der Waals surface area contributed by atoms with Crippen LogP contribution >= 0.6 is 0 Å². The largest absolute Gasteiger partial charge is 0.345 e. The second kappa shape index (κ2) is 4.16. The molecule has 2 heterocycles. The van der Waals surface area contributed by atoms with Gasteiger partial charge in [0.15, 0.2) is 22.1 Å². The van der Waals surface area contributed by atoms with Crippen LogP contribution in [0.15, 0.2) is 17.3 Å². The Kier molecular flexibility index (Phi) is 3.06. The second-order valence-corrected chi connectivity index (χ2v) is 15.9. The van der Waals surface area contributed by atoms with Crippen molar-refractivity contribution in [3.63, 3.8) is 0 Å². The van der Waals surface area contributed by atoms with Gasteiger partial charge in [-0.1, -0.05) is 19.6 Å². The van der Waals surface area contributed by atoms with Crippen LogP contribution in [0.3, 0.4) is 0 Å². The molecular weight excluding hydrogens is 258 g/mol. The van der Waals surface area contributed by atoms with Gasteiger partial charge in [-0.3, -0.25) is 0 Å². The zero-order valence-corrected chi connectivity index (χ0v) is 13.9.